The Morgan fingerprint density at radius 3 is 2.32 bits per heavy atom. The van der Waals surface area contributed by atoms with E-state index in [2.05, 4.69) is 24.3 Å². The van der Waals surface area contributed by atoms with Crippen molar-refractivity contribution in [3.8, 4) is 11.1 Å². The van der Waals surface area contributed by atoms with Gasteiger partial charge in [0.15, 0.2) is 0 Å². The van der Waals surface area contributed by atoms with Crippen LogP contribution in [0.5, 0.6) is 0 Å². The standard InChI is InChI=1S/C16H18N2O/c1-11-9-13(10-18(2)15(11)19)12-3-5-14(6-4-12)16(17)7-8-16/h3-6,9-10H,7-8,17H2,1-2H3. The van der Waals surface area contributed by atoms with Crippen molar-refractivity contribution in [1.82, 2.24) is 4.57 Å². The van der Waals surface area contributed by atoms with E-state index in [1.54, 1.807) is 11.6 Å². The lowest BCUT2D eigenvalue weighted by Gasteiger charge is -2.11. The molecular formula is C16H18N2O. The van der Waals surface area contributed by atoms with E-state index >= 15 is 0 Å². The Balaban J connectivity index is 2.00. The molecule has 2 aromatic rings. The molecule has 0 bridgehead atoms. The number of hydrogen-bond donors (Lipinski definition) is 1. The second kappa shape index (κ2) is 4.07. The summed E-state index contributed by atoms with van der Waals surface area (Å²) >= 11 is 0. The van der Waals surface area contributed by atoms with Crippen LogP contribution in [0.2, 0.25) is 0 Å². The number of nitrogens with zero attached hydrogens (tertiary/aromatic N) is 1. The SMILES string of the molecule is Cc1cc(-c2ccc(C3(N)CC3)cc2)cn(C)c1=O. The predicted molar refractivity (Wildman–Crippen MR) is 77.0 cm³/mol. The molecule has 1 aromatic carbocycles. The first kappa shape index (κ1) is 12.2. The van der Waals surface area contributed by atoms with Crippen molar-refractivity contribution < 1.29 is 0 Å². The van der Waals surface area contributed by atoms with Crippen molar-refractivity contribution >= 4 is 0 Å². The summed E-state index contributed by atoms with van der Waals surface area (Å²) in [6, 6.07) is 10.3. The predicted octanol–water partition coefficient (Wildman–Crippen LogP) is 2.31. The zero-order valence-electron chi connectivity index (χ0n) is 11.3. The van der Waals surface area contributed by atoms with Gasteiger partial charge in [-0.3, -0.25) is 4.79 Å². The Morgan fingerprint density at radius 1 is 1.16 bits per heavy atom. The second-order valence-corrected chi connectivity index (χ2v) is 5.56. The van der Waals surface area contributed by atoms with E-state index in [0.717, 1.165) is 29.5 Å². The number of nitrogens with two attached hydrogens (primary N) is 1. The Hall–Kier alpha value is -1.87. The molecular weight excluding hydrogens is 236 g/mol. The van der Waals surface area contributed by atoms with Gasteiger partial charge in [-0.2, -0.15) is 0 Å². The fourth-order valence-corrected chi connectivity index (χ4v) is 2.45. The molecule has 3 heteroatoms. The fraction of sp³-hybridized carbons (Fsp3) is 0.312. The van der Waals surface area contributed by atoms with Crippen molar-refractivity contribution in [3.05, 3.63) is 58.0 Å². The molecule has 1 saturated carbocycles. The summed E-state index contributed by atoms with van der Waals surface area (Å²) in [6.07, 6.45) is 4.02. The van der Waals surface area contributed by atoms with Crippen LogP contribution in [0.1, 0.15) is 24.0 Å². The van der Waals surface area contributed by atoms with Crippen LogP contribution in [0.4, 0.5) is 0 Å². The van der Waals surface area contributed by atoms with E-state index in [1.807, 2.05) is 19.2 Å². The van der Waals surface area contributed by atoms with Gasteiger partial charge in [0, 0.05) is 24.3 Å². The molecule has 0 atom stereocenters. The molecule has 3 rings (SSSR count). The highest BCUT2D eigenvalue weighted by molar-refractivity contribution is 5.63. The topological polar surface area (TPSA) is 48.0 Å². The number of aromatic nitrogens is 1. The highest BCUT2D eigenvalue weighted by Crippen LogP contribution is 2.42. The van der Waals surface area contributed by atoms with E-state index in [9.17, 15) is 4.79 Å². The first-order valence-electron chi connectivity index (χ1n) is 6.57. The fourth-order valence-electron chi connectivity index (χ4n) is 2.45. The minimum absolute atomic E-state index is 0.0549. The summed E-state index contributed by atoms with van der Waals surface area (Å²) in [4.78, 5) is 11.7. The summed E-state index contributed by atoms with van der Waals surface area (Å²) in [5.41, 5.74) is 10.3. The molecule has 98 valence electrons. The number of aryl methyl sites for hydroxylation is 2. The van der Waals surface area contributed by atoms with Crippen LogP contribution < -0.4 is 11.3 Å². The second-order valence-electron chi connectivity index (χ2n) is 5.56. The highest BCUT2D eigenvalue weighted by atomic mass is 16.1. The first-order chi connectivity index (χ1) is 8.99. The van der Waals surface area contributed by atoms with E-state index < -0.39 is 0 Å². The van der Waals surface area contributed by atoms with Gasteiger partial charge in [0.2, 0.25) is 0 Å². The quantitative estimate of drug-likeness (QED) is 0.894. The van der Waals surface area contributed by atoms with Crippen molar-refractivity contribution in [1.29, 1.82) is 0 Å². The average molecular weight is 254 g/mol. The number of rotatable bonds is 2. The van der Waals surface area contributed by atoms with Gasteiger partial charge in [0.25, 0.3) is 5.56 Å². The summed E-state index contributed by atoms with van der Waals surface area (Å²) in [6.45, 7) is 1.85. The van der Waals surface area contributed by atoms with Gasteiger partial charge in [0.05, 0.1) is 0 Å². The van der Waals surface area contributed by atoms with Crippen LogP contribution in [0.3, 0.4) is 0 Å². The molecule has 1 heterocycles. The molecule has 2 N–H and O–H groups in total. The van der Waals surface area contributed by atoms with E-state index in [-0.39, 0.29) is 11.1 Å². The third kappa shape index (κ3) is 2.10. The van der Waals surface area contributed by atoms with Crippen LogP contribution in [0, 0.1) is 6.92 Å². The largest absolute Gasteiger partial charge is 0.321 e. The van der Waals surface area contributed by atoms with Crippen LogP contribution in [0.25, 0.3) is 11.1 Å². The third-order valence-electron chi connectivity index (χ3n) is 3.94. The summed E-state index contributed by atoms with van der Waals surface area (Å²) in [5, 5.41) is 0. The van der Waals surface area contributed by atoms with Crippen LogP contribution in [-0.4, -0.2) is 4.57 Å². The molecule has 0 saturated heterocycles. The Morgan fingerprint density at radius 2 is 1.79 bits per heavy atom. The van der Waals surface area contributed by atoms with Gasteiger partial charge in [0.1, 0.15) is 0 Å². The molecule has 1 aliphatic rings. The highest BCUT2D eigenvalue weighted by Gasteiger charge is 2.39. The number of pyridine rings is 1. The Kier molecular flexibility index (Phi) is 2.61. The summed E-state index contributed by atoms with van der Waals surface area (Å²) in [7, 11) is 1.78. The maximum absolute atomic E-state index is 11.7. The van der Waals surface area contributed by atoms with E-state index in [1.165, 1.54) is 5.56 Å². The monoisotopic (exact) mass is 254 g/mol. The van der Waals surface area contributed by atoms with Crippen molar-refractivity contribution in [2.75, 3.05) is 0 Å². The molecule has 0 amide bonds. The van der Waals surface area contributed by atoms with Crippen LogP contribution in [0.15, 0.2) is 41.3 Å². The number of benzene rings is 1. The molecule has 0 radical (unpaired) electrons. The minimum atomic E-state index is -0.0853. The zero-order chi connectivity index (χ0) is 13.6. The maximum atomic E-state index is 11.7. The molecule has 0 spiro atoms. The Bertz CT molecular complexity index is 653. The first-order valence-corrected chi connectivity index (χ1v) is 6.57. The van der Waals surface area contributed by atoms with Crippen LogP contribution >= 0.6 is 0 Å². The van der Waals surface area contributed by atoms with Gasteiger partial charge in [-0.15, -0.1) is 0 Å². The molecule has 1 aliphatic carbocycles. The average Bonchev–Trinajstić information content (AvgIpc) is 3.15. The van der Waals surface area contributed by atoms with Gasteiger partial charge in [-0.1, -0.05) is 24.3 Å². The molecule has 1 aromatic heterocycles. The van der Waals surface area contributed by atoms with Gasteiger partial charge in [-0.25, -0.2) is 0 Å². The van der Waals surface area contributed by atoms with Gasteiger partial charge in [-0.05, 0) is 42.5 Å². The molecule has 0 aliphatic heterocycles. The molecule has 0 unspecified atom stereocenters. The lowest BCUT2D eigenvalue weighted by atomic mass is 10.0. The maximum Gasteiger partial charge on any atom is 0.253 e. The van der Waals surface area contributed by atoms with Crippen molar-refractivity contribution in [3.63, 3.8) is 0 Å². The lowest BCUT2D eigenvalue weighted by Crippen LogP contribution is -2.19. The number of hydrogen-bond acceptors (Lipinski definition) is 2. The lowest BCUT2D eigenvalue weighted by molar-refractivity contribution is 0.740. The van der Waals surface area contributed by atoms with Crippen molar-refractivity contribution in [2.24, 2.45) is 12.8 Å². The third-order valence-corrected chi connectivity index (χ3v) is 3.94. The van der Waals surface area contributed by atoms with Crippen molar-refractivity contribution in [2.45, 2.75) is 25.3 Å². The normalized spacial score (nSPS) is 16.4. The molecule has 19 heavy (non-hydrogen) atoms. The van der Waals surface area contributed by atoms with Gasteiger partial charge >= 0.3 is 0 Å². The molecule has 1 fully saturated rings. The van der Waals surface area contributed by atoms with E-state index in [4.69, 9.17) is 5.73 Å². The zero-order valence-corrected chi connectivity index (χ0v) is 11.3. The smallest absolute Gasteiger partial charge is 0.253 e. The minimum Gasteiger partial charge on any atom is -0.321 e. The van der Waals surface area contributed by atoms with Gasteiger partial charge < -0.3 is 10.3 Å². The van der Waals surface area contributed by atoms with Crippen LogP contribution in [-0.2, 0) is 12.6 Å². The Labute approximate surface area is 112 Å². The summed E-state index contributed by atoms with van der Waals surface area (Å²) < 4.78 is 1.63. The molecule has 3 nitrogen and oxygen atoms in total. The summed E-state index contributed by atoms with van der Waals surface area (Å²) in [5.74, 6) is 0. The van der Waals surface area contributed by atoms with E-state index in [0.29, 0.717) is 0 Å².